The average molecular weight is 316 g/mol. The molecule has 1 heterocycles. The molecule has 0 bridgehead atoms. The first-order chi connectivity index (χ1) is 11.2. The molecule has 1 aromatic heterocycles. The van der Waals surface area contributed by atoms with E-state index in [0.717, 1.165) is 31.7 Å². The molecule has 0 saturated carbocycles. The molecular weight excluding hydrogens is 284 g/mol. The van der Waals surface area contributed by atoms with Crippen LogP contribution in [0, 0.1) is 0 Å². The van der Waals surface area contributed by atoms with E-state index in [4.69, 9.17) is 4.74 Å². The average Bonchev–Trinajstić information content (AvgIpc) is 2.90. The molecule has 0 fully saturated rings. The van der Waals surface area contributed by atoms with Crippen LogP contribution >= 0.6 is 0 Å². The van der Waals surface area contributed by atoms with Gasteiger partial charge in [-0.1, -0.05) is 20.8 Å². The van der Waals surface area contributed by atoms with Crippen LogP contribution < -0.4 is 4.74 Å². The highest BCUT2D eigenvalue weighted by atomic mass is 16.5. The zero-order valence-electron chi connectivity index (χ0n) is 15.3. The second-order valence-electron chi connectivity index (χ2n) is 6.32. The van der Waals surface area contributed by atoms with E-state index in [1.165, 1.54) is 42.4 Å². The van der Waals surface area contributed by atoms with Gasteiger partial charge in [0.1, 0.15) is 5.75 Å². The molecule has 0 unspecified atom stereocenters. The highest BCUT2D eigenvalue weighted by Gasteiger charge is 2.11. The summed E-state index contributed by atoms with van der Waals surface area (Å²) in [6.07, 6.45) is 7.08. The first-order valence-corrected chi connectivity index (χ1v) is 9.11. The lowest BCUT2D eigenvalue weighted by atomic mass is 10.1. The topological polar surface area (TPSA) is 17.4 Å². The van der Waals surface area contributed by atoms with Crippen LogP contribution in [-0.4, -0.2) is 36.2 Å². The normalized spacial score (nSPS) is 11.5. The van der Waals surface area contributed by atoms with Gasteiger partial charge in [-0.05, 0) is 62.5 Å². The summed E-state index contributed by atoms with van der Waals surface area (Å²) in [6, 6.07) is 6.46. The third-order valence-electron chi connectivity index (χ3n) is 4.41. The van der Waals surface area contributed by atoms with E-state index in [1.54, 1.807) is 7.11 Å². The number of aromatic nitrogens is 1. The van der Waals surface area contributed by atoms with Gasteiger partial charge in [-0.3, -0.25) is 0 Å². The second-order valence-corrected chi connectivity index (χ2v) is 6.32. The lowest BCUT2D eigenvalue weighted by Crippen LogP contribution is -2.27. The van der Waals surface area contributed by atoms with Gasteiger partial charge in [0.05, 0.1) is 7.11 Å². The van der Waals surface area contributed by atoms with E-state index in [9.17, 15) is 0 Å². The van der Waals surface area contributed by atoms with Crippen LogP contribution in [0.4, 0.5) is 0 Å². The van der Waals surface area contributed by atoms with Crippen LogP contribution in [-0.2, 0) is 13.0 Å². The zero-order chi connectivity index (χ0) is 16.7. The molecular formula is C20H32N2O. The predicted octanol–water partition coefficient (Wildman–Crippen LogP) is 4.72. The van der Waals surface area contributed by atoms with Gasteiger partial charge >= 0.3 is 0 Å². The number of ether oxygens (including phenoxy) is 1. The van der Waals surface area contributed by atoms with Crippen LogP contribution in [0.5, 0.6) is 5.75 Å². The van der Waals surface area contributed by atoms with E-state index in [0.29, 0.717) is 0 Å². The molecule has 1 aromatic carbocycles. The monoisotopic (exact) mass is 316 g/mol. The van der Waals surface area contributed by atoms with Crippen LogP contribution in [0.3, 0.4) is 0 Å². The Hall–Kier alpha value is -1.48. The van der Waals surface area contributed by atoms with E-state index in [2.05, 4.69) is 54.6 Å². The minimum absolute atomic E-state index is 0.951. The van der Waals surface area contributed by atoms with E-state index in [1.807, 2.05) is 0 Å². The number of benzene rings is 1. The van der Waals surface area contributed by atoms with Gasteiger partial charge in [0.2, 0.25) is 0 Å². The molecule has 3 heteroatoms. The summed E-state index contributed by atoms with van der Waals surface area (Å²) in [5.41, 5.74) is 2.78. The van der Waals surface area contributed by atoms with Crippen molar-refractivity contribution < 1.29 is 4.74 Å². The highest BCUT2D eigenvalue weighted by Crippen LogP contribution is 2.27. The first kappa shape index (κ1) is 17.9. The molecule has 3 nitrogen and oxygen atoms in total. The summed E-state index contributed by atoms with van der Waals surface area (Å²) in [5.74, 6) is 0.951. The van der Waals surface area contributed by atoms with Gasteiger partial charge in [-0.2, -0.15) is 0 Å². The van der Waals surface area contributed by atoms with Crippen molar-refractivity contribution in [1.82, 2.24) is 9.47 Å². The number of fused-ring (bicyclic) bond motifs is 1. The van der Waals surface area contributed by atoms with Gasteiger partial charge in [-0.15, -0.1) is 0 Å². The molecule has 0 radical (unpaired) electrons. The van der Waals surface area contributed by atoms with Gasteiger partial charge in [0.15, 0.2) is 0 Å². The molecule has 0 aliphatic rings. The molecule has 0 spiro atoms. The van der Waals surface area contributed by atoms with Gasteiger partial charge in [0, 0.05) is 30.2 Å². The number of hydrogen-bond acceptors (Lipinski definition) is 2. The number of nitrogens with zero attached hydrogens (tertiary/aromatic N) is 2. The summed E-state index contributed by atoms with van der Waals surface area (Å²) < 4.78 is 7.83. The van der Waals surface area contributed by atoms with Crippen LogP contribution in [0.2, 0.25) is 0 Å². The summed E-state index contributed by atoms with van der Waals surface area (Å²) in [6.45, 7) is 11.4. The Bertz CT molecular complexity index is 597. The summed E-state index contributed by atoms with van der Waals surface area (Å²) >= 11 is 0. The van der Waals surface area contributed by atoms with Crippen molar-refractivity contribution in [2.24, 2.45) is 0 Å². The Morgan fingerprint density at radius 1 is 1.00 bits per heavy atom. The molecule has 0 N–H and O–H groups in total. The highest BCUT2D eigenvalue weighted by molar-refractivity contribution is 5.85. The Kier molecular flexibility index (Phi) is 6.97. The fourth-order valence-electron chi connectivity index (χ4n) is 3.35. The minimum atomic E-state index is 0.951. The molecule has 0 atom stereocenters. The van der Waals surface area contributed by atoms with E-state index < -0.39 is 0 Å². The molecule has 0 aliphatic carbocycles. The van der Waals surface area contributed by atoms with Gasteiger partial charge in [-0.25, -0.2) is 0 Å². The SMILES string of the molecule is CCCN(CCC)CCc1cn(CCC)c2ccc(OC)cc12. The van der Waals surface area contributed by atoms with Crippen LogP contribution in [0.15, 0.2) is 24.4 Å². The van der Waals surface area contributed by atoms with E-state index >= 15 is 0 Å². The summed E-state index contributed by atoms with van der Waals surface area (Å²) in [4.78, 5) is 2.59. The van der Waals surface area contributed by atoms with Crippen LogP contribution in [0.25, 0.3) is 10.9 Å². The molecule has 2 aromatic rings. The molecule has 23 heavy (non-hydrogen) atoms. The fourth-order valence-corrected chi connectivity index (χ4v) is 3.35. The van der Waals surface area contributed by atoms with Gasteiger partial charge in [0.25, 0.3) is 0 Å². The lowest BCUT2D eigenvalue weighted by molar-refractivity contribution is 0.278. The third-order valence-corrected chi connectivity index (χ3v) is 4.41. The lowest BCUT2D eigenvalue weighted by Gasteiger charge is -2.20. The van der Waals surface area contributed by atoms with Crippen molar-refractivity contribution in [1.29, 1.82) is 0 Å². The third kappa shape index (κ3) is 4.51. The van der Waals surface area contributed by atoms with Crippen LogP contribution in [0.1, 0.15) is 45.6 Å². The van der Waals surface area contributed by atoms with Crippen molar-refractivity contribution in [3.63, 3.8) is 0 Å². The fraction of sp³-hybridized carbons (Fsp3) is 0.600. The standard InChI is InChI=1S/C20H32N2O/c1-5-11-21(12-6-2)14-10-17-16-22(13-7-3)20-9-8-18(23-4)15-19(17)20/h8-9,15-16H,5-7,10-14H2,1-4H3. The Morgan fingerprint density at radius 3 is 2.35 bits per heavy atom. The van der Waals surface area contributed by atoms with Crippen molar-refractivity contribution in [2.75, 3.05) is 26.7 Å². The number of rotatable bonds is 10. The predicted molar refractivity (Wildman–Crippen MR) is 99.5 cm³/mol. The quantitative estimate of drug-likeness (QED) is 0.631. The molecule has 0 saturated heterocycles. The van der Waals surface area contributed by atoms with Crippen molar-refractivity contribution >= 4 is 10.9 Å². The molecule has 2 rings (SSSR count). The van der Waals surface area contributed by atoms with Crippen molar-refractivity contribution in [3.8, 4) is 5.75 Å². The largest absolute Gasteiger partial charge is 0.497 e. The maximum absolute atomic E-state index is 5.43. The Labute approximate surface area is 141 Å². The maximum atomic E-state index is 5.43. The number of aryl methyl sites for hydroxylation is 1. The van der Waals surface area contributed by atoms with Crippen molar-refractivity contribution in [3.05, 3.63) is 30.0 Å². The Balaban J connectivity index is 2.23. The second kappa shape index (κ2) is 8.97. The van der Waals surface area contributed by atoms with Crippen molar-refractivity contribution in [2.45, 2.75) is 53.0 Å². The molecule has 0 aliphatic heterocycles. The first-order valence-electron chi connectivity index (χ1n) is 9.11. The zero-order valence-corrected chi connectivity index (χ0v) is 15.3. The minimum Gasteiger partial charge on any atom is -0.497 e. The number of methoxy groups -OCH3 is 1. The maximum Gasteiger partial charge on any atom is 0.119 e. The summed E-state index contributed by atoms with van der Waals surface area (Å²) in [7, 11) is 1.74. The molecule has 128 valence electrons. The summed E-state index contributed by atoms with van der Waals surface area (Å²) in [5, 5.41) is 1.35. The number of hydrogen-bond donors (Lipinski definition) is 0. The Morgan fingerprint density at radius 2 is 1.74 bits per heavy atom. The smallest absolute Gasteiger partial charge is 0.119 e. The molecule has 0 amide bonds. The van der Waals surface area contributed by atoms with Gasteiger partial charge < -0.3 is 14.2 Å². The van der Waals surface area contributed by atoms with E-state index in [-0.39, 0.29) is 0 Å².